The van der Waals surface area contributed by atoms with Crippen molar-refractivity contribution in [2.75, 3.05) is 26.3 Å². The maximum Gasteiger partial charge on any atom is 0.133 e. The first-order chi connectivity index (χ1) is 8.74. The fraction of sp³-hybridized carbons (Fsp3) is 0.571. The van der Waals surface area contributed by atoms with Crippen LogP contribution < -0.4 is 10.1 Å². The fourth-order valence-corrected chi connectivity index (χ4v) is 1.93. The highest BCUT2D eigenvalue weighted by atomic mass is 79.9. The summed E-state index contributed by atoms with van der Waals surface area (Å²) in [5, 5.41) is 3.36. The SMILES string of the molecule is CCOCCCNCC(C)Oc1ccccc1Br. The third kappa shape index (κ3) is 6.38. The van der Waals surface area contributed by atoms with Gasteiger partial charge in [0.05, 0.1) is 4.47 Å². The zero-order valence-corrected chi connectivity index (χ0v) is 12.7. The molecule has 1 unspecified atom stereocenters. The van der Waals surface area contributed by atoms with E-state index in [0.717, 1.165) is 42.9 Å². The van der Waals surface area contributed by atoms with Gasteiger partial charge >= 0.3 is 0 Å². The summed E-state index contributed by atoms with van der Waals surface area (Å²) in [4.78, 5) is 0. The number of ether oxygens (including phenoxy) is 2. The van der Waals surface area contributed by atoms with Crippen LogP contribution in [0.3, 0.4) is 0 Å². The first-order valence-electron chi connectivity index (χ1n) is 6.43. The maximum absolute atomic E-state index is 5.83. The van der Waals surface area contributed by atoms with Crippen LogP contribution in [-0.4, -0.2) is 32.4 Å². The molecule has 18 heavy (non-hydrogen) atoms. The number of halogens is 1. The second kappa shape index (κ2) is 9.36. The Kier molecular flexibility index (Phi) is 8.05. The molecule has 0 saturated heterocycles. The highest BCUT2D eigenvalue weighted by molar-refractivity contribution is 9.10. The van der Waals surface area contributed by atoms with Crippen LogP contribution in [0.4, 0.5) is 0 Å². The molecular formula is C14H22BrNO2. The minimum absolute atomic E-state index is 0.149. The van der Waals surface area contributed by atoms with Crippen molar-refractivity contribution in [3.05, 3.63) is 28.7 Å². The number of para-hydroxylation sites is 1. The van der Waals surface area contributed by atoms with E-state index in [1.165, 1.54) is 0 Å². The molecule has 0 fully saturated rings. The van der Waals surface area contributed by atoms with Gasteiger partial charge in [0.15, 0.2) is 0 Å². The topological polar surface area (TPSA) is 30.5 Å². The van der Waals surface area contributed by atoms with Crippen LogP contribution in [0.5, 0.6) is 5.75 Å². The van der Waals surface area contributed by atoms with Gasteiger partial charge in [-0.25, -0.2) is 0 Å². The van der Waals surface area contributed by atoms with E-state index >= 15 is 0 Å². The minimum Gasteiger partial charge on any atom is -0.488 e. The monoisotopic (exact) mass is 315 g/mol. The normalized spacial score (nSPS) is 12.4. The average Bonchev–Trinajstić information content (AvgIpc) is 2.36. The standard InChI is InChI=1S/C14H22BrNO2/c1-3-17-10-6-9-16-11-12(2)18-14-8-5-4-7-13(14)15/h4-5,7-8,12,16H,3,6,9-11H2,1-2H3. The molecule has 0 aliphatic carbocycles. The number of nitrogens with one attached hydrogen (secondary N) is 1. The molecule has 0 aliphatic rings. The van der Waals surface area contributed by atoms with Gasteiger partial charge in [0, 0.05) is 19.8 Å². The van der Waals surface area contributed by atoms with Crippen molar-refractivity contribution in [1.29, 1.82) is 0 Å². The van der Waals surface area contributed by atoms with Gasteiger partial charge in [-0.05, 0) is 54.9 Å². The second-order valence-corrected chi connectivity index (χ2v) is 4.97. The molecule has 0 amide bonds. The fourth-order valence-electron chi connectivity index (χ4n) is 1.55. The summed E-state index contributed by atoms with van der Waals surface area (Å²) in [5.74, 6) is 0.890. The lowest BCUT2D eigenvalue weighted by atomic mass is 10.3. The van der Waals surface area contributed by atoms with Gasteiger partial charge in [-0.2, -0.15) is 0 Å². The summed E-state index contributed by atoms with van der Waals surface area (Å²) >= 11 is 3.47. The second-order valence-electron chi connectivity index (χ2n) is 4.11. The van der Waals surface area contributed by atoms with Gasteiger partial charge in [-0.1, -0.05) is 12.1 Å². The molecule has 102 valence electrons. The van der Waals surface area contributed by atoms with Crippen molar-refractivity contribution in [3.8, 4) is 5.75 Å². The Morgan fingerprint density at radius 3 is 2.83 bits per heavy atom. The smallest absolute Gasteiger partial charge is 0.133 e. The van der Waals surface area contributed by atoms with Crippen LogP contribution in [0.1, 0.15) is 20.3 Å². The van der Waals surface area contributed by atoms with E-state index in [1.807, 2.05) is 31.2 Å². The predicted molar refractivity (Wildman–Crippen MR) is 78.2 cm³/mol. The van der Waals surface area contributed by atoms with Crippen molar-refractivity contribution in [2.45, 2.75) is 26.4 Å². The van der Waals surface area contributed by atoms with E-state index in [1.54, 1.807) is 0 Å². The maximum atomic E-state index is 5.83. The molecule has 0 aromatic heterocycles. The quantitative estimate of drug-likeness (QED) is 0.710. The molecule has 0 radical (unpaired) electrons. The Labute approximate surface area is 118 Å². The highest BCUT2D eigenvalue weighted by Gasteiger charge is 2.05. The number of hydrogen-bond acceptors (Lipinski definition) is 3. The summed E-state index contributed by atoms with van der Waals surface area (Å²) in [5.41, 5.74) is 0. The van der Waals surface area contributed by atoms with Crippen LogP contribution in [-0.2, 0) is 4.74 Å². The average molecular weight is 316 g/mol. The van der Waals surface area contributed by atoms with Gasteiger partial charge < -0.3 is 14.8 Å². The van der Waals surface area contributed by atoms with Crippen LogP contribution >= 0.6 is 15.9 Å². The Balaban J connectivity index is 2.14. The van der Waals surface area contributed by atoms with Crippen molar-refractivity contribution in [2.24, 2.45) is 0 Å². The molecule has 3 nitrogen and oxygen atoms in total. The lowest BCUT2D eigenvalue weighted by molar-refractivity contribution is 0.143. The number of benzene rings is 1. The molecule has 1 atom stereocenters. The third-order valence-electron chi connectivity index (χ3n) is 2.44. The molecular weight excluding hydrogens is 294 g/mol. The van der Waals surface area contributed by atoms with E-state index < -0.39 is 0 Å². The van der Waals surface area contributed by atoms with Crippen molar-refractivity contribution in [1.82, 2.24) is 5.32 Å². The van der Waals surface area contributed by atoms with Crippen molar-refractivity contribution >= 4 is 15.9 Å². The molecule has 1 N–H and O–H groups in total. The molecule has 1 rings (SSSR count). The van der Waals surface area contributed by atoms with Gasteiger partial charge in [0.2, 0.25) is 0 Å². The summed E-state index contributed by atoms with van der Waals surface area (Å²) in [7, 11) is 0. The van der Waals surface area contributed by atoms with Crippen molar-refractivity contribution in [3.63, 3.8) is 0 Å². The molecule has 0 bridgehead atoms. The first kappa shape index (κ1) is 15.5. The summed E-state index contributed by atoms with van der Waals surface area (Å²) < 4.78 is 12.1. The summed E-state index contributed by atoms with van der Waals surface area (Å²) in [6.45, 7) is 7.50. The lowest BCUT2D eigenvalue weighted by Gasteiger charge is -2.16. The van der Waals surface area contributed by atoms with Gasteiger partial charge in [0.25, 0.3) is 0 Å². The van der Waals surface area contributed by atoms with Crippen LogP contribution in [0.25, 0.3) is 0 Å². The van der Waals surface area contributed by atoms with E-state index in [4.69, 9.17) is 9.47 Å². The van der Waals surface area contributed by atoms with E-state index in [9.17, 15) is 0 Å². The largest absolute Gasteiger partial charge is 0.488 e. The zero-order chi connectivity index (χ0) is 13.2. The highest BCUT2D eigenvalue weighted by Crippen LogP contribution is 2.24. The Morgan fingerprint density at radius 1 is 1.33 bits per heavy atom. The molecule has 0 heterocycles. The van der Waals surface area contributed by atoms with Crippen LogP contribution in [0.15, 0.2) is 28.7 Å². The number of hydrogen-bond donors (Lipinski definition) is 1. The van der Waals surface area contributed by atoms with E-state index in [2.05, 4.69) is 28.2 Å². The van der Waals surface area contributed by atoms with Crippen LogP contribution in [0, 0.1) is 0 Å². The molecule has 4 heteroatoms. The Hall–Kier alpha value is -0.580. The molecule has 0 spiro atoms. The van der Waals surface area contributed by atoms with Gasteiger partial charge in [-0.3, -0.25) is 0 Å². The lowest BCUT2D eigenvalue weighted by Crippen LogP contribution is -2.30. The first-order valence-corrected chi connectivity index (χ1v) is 7.23. The van der Waals surface area contributed by atoms with E-state index in [-0.39, 0.29) is 6.10 Å². The van der Waals surface area contributed by atoms with Gasteiger partial charge in [0.1, 0.15) is 11.9 Å². The molecule has 0 aliphatic heterocycles. The molecule has 0 saturated carbocycles. The Morgan fingerprint density at radius 2 is 2.11 bits per heavy atom. The third-order valence-corrected chi connectivity index (χ3v) is 3.10. The van der Waals surface area contributed by atoms with Crippen LogP contribution in [0.2, 0.25) is 0 Å². The van der Waals surface area contributed by atoms with Gasteiger partial charge in [-0.15, -0.1) is 0 Å². The Bertz CT molecular complexity index is 333. The zero-order valence-electron chi connectivity index (χ0n) is 11.1. The molecule has 1 aromatic carbocycles. The predicted octanol–water partition coefficient (Wildman–Crippen LogP) is 3.23. The number of rotatable bonds is 9. The summed E-state index contributed by atoms with van der Waals surface area (Å²) in [6, 6.07) is 7.91. The van der Waals surface area contributed by atoms with Crippen molar-refractivity contribution < 1.29 is 9.47 Å². The summed E-state index contributed by atoms with van der Waals surface area (Å²) in [6.07, 6.45) is 1.19. The molecule has 1 aromatic rings. The minimum atomic E-state index is 0.149. The van der Waals surface area contributed by atoms with E-state index in [0.29, 0.717) is 0 Å².